The molecular formula is C64H59N3. The molecule has 67 heavy (non-hydrogen) atoms. The van der Waals surface area contributed by atoms with E-state index < -0.39 is 5.41 Å². The van der Waals surface area contributed by atoms with Crippen LogP contribution < -0.4 is 14.7 Å². The van der Waals surface area contributed by atoms with E-state index in [4.69, 9.17) is 0 Å². The van der Waals surface area contributed by atoms with Crippen molar-refractivity contribution < 1.29 is 0 Å². The minimum absolute atomic E-state index is 0.760. The van der Waals surface area contributed by atoms with Crippen molar-refractivity contribution in [2.75, 3.05) is 14.7 Å². The van der Waals surface area contributed by atoms with Crippen LogP contribution in [0.1, 0.15) is 72.3 Å². The lowest BCUT2D eigenvalue weighted by Gasteiger charge is -2.47. The predicted molar refractivity (Wildman–Crippen MR) is 285 cm³/mol. The highest BCUT2D eigenvalue weighted by Gasteiger charge is 2.47. The van der Waals surface area contributed by atoms with Crippen LogP contribution in [0.25, 0.3) is 0 Å². The van der Waals surface area contributed by atoms with Gasteiger partial charge in [0.05, 0.1) is 16.8 Å². The fourth-order valence-electron chi connectivity index (χ4n) is 10.5. The normalized spacial score (nSPS) is 12.6. The molecule has 9 aromatic carbocycles. The van der Waals surface area contributed by atoms with Crippen LogP contribution in [0.5, 0.6) is 0 Å². The second-order valence-corrected chi connectivity index (χ2v) is 18.6. The number of aryl methyl sites for hydroxylation is 5. The molecule has 1 aliphatic heterocycles. The molecule has 0 amide bonds. The van der Waals surface area contributed by atoms with Crippen LogP contribution in [0.3, 0.4) is 0 Å². The Morgan fingerprint density at radius 3 is 1.04 bits per heavy atom. The average Bonchev–Trinajstić information content (AvgIpc) is 3.34. The van der Waals surface area contributed by atoms with Crippen LogP contribution in [-0.2, 0) is 5.41 Å². The first-order chi connectivity index (χ1) is 32.5. The van der Waals surface area contributed by atoms with Crippen molar-refractivity contribution in [1.29, 1.82) is 0 Å². The van der Waals surface area contributed by atoms with Gasteiger partial charge in [0.1, 0.15) is 0 Å². The molecule has 0 aliphatic carbocycles. The number of hydrogen-bond acceptors (Lipinski definition) is 3. The van der Waals surface area contributed by atoms with E-state index in [1.807, 2.05) is 0 Å². The van der Waals surface area contributed by atoms with Gasteiger partial charge in [0.15, 0.2) is 0 Å². The second-order valence-electron chi connectivity index (χ2n) is 18.6. The molecule has 9 aromatic rings. The highest BCUT2D eigenvalue weighted by Crippen LogP contribution is 2.59. The molecule has 0 spiro atoms. The zero-order valence-electron chi connectivity index (χ0n) is 40.3. The summed E-state index contributed by atoms with van der Waals surface area (Å²) in [6.45, 7) is 20.0. The standard InChI is InChI=1S/C64H59N3/c1-42-36-38-53(39-37-42)65-62-30-12-10-28-56(62)64(57-29-11-13-31-63(57)65,51-24-18-26-54(40-51)66(58-32-14-20-43(2)47(58)6)59-33-15-21-44(3)48(59)7)52-25-19-27-55(41-52)67(60-34-16-22-45(4)49(60)8)61-35-17-23-46(5)50(61)9/h10-41H,1-9H3. The summed E-state index contributed by atoms with van der Waals surface area (Å²) < 4.78 is 0. The lowest BCUT2D eigenvalue weighted by atomic mass is 9.62. The number of hydrogen-bond donors (Lipinski definition) is 0. The molecule has 0 fully saturated rings. The molecule has 0 atom stereocenters. The molecule has 3 nitrogen and oxygen atoms in total. The number of para-hydroxylation sites is 2. The van der Waals surface area contributed by atoms with Crippen LogP contribution in [0.15, 0.2) is 194 Å². The Bertz CT molecular complexity index is 3020. The fraction of sp³-hybridized carbons (Fsp3) is 0.156. The first kappa shape index (κ1) is 43.3. The summed E-state index contributed by atoms with van der Waals surface area (Å²) in [7, 11) is 0. The van der Waals surface area contributed by atoms with Gasteiger partial charge in [0.25, 0.3) is 0 Å². The monoisotopic (exact) mass is 869 g/mol. The molecule has 0 bridgehead atoms. The van der Waals surface area contributed by atoms with E-state index in [-0.39, 0.29) is 0 Å². The fourth-order valence-corrected chi connectivity index (χ4v) is 10.5. The van der Waals surface area contributed by atoms with Crippen LogP contribution in [0.2, 0.25) is 0 Å². The maximum atomic E-state index is 2.49. The molecular weight excluding hydrogens is 811 g/mol. The molecule has 3 heteroatoms. The predicted octanol–water partition coefficient (Wildman–Crippen LogP) is 17.6. The molecule has 0 radical (unpaired) electrons. The van der Waals surface area contributed by atoms with Gasteiger partial charge in [-0.15, -0.1) is 0 Å². The molecule has 10 rings (SSSR count). The first-order valence-electron chi connectivity index (χ1n) is 23.6. The smallest absolute Gasteiger partial charge is 0.0743 e. The molecule has 1 aliphatic rings. The SMILES string of the molecule is Cc1ccc(N2c3ccccc3C(c3cccc(N(c4cccc(C)c4C)c4cccc(C)c4C)c3)(c3cccc(N(c4cccc(C)c4C)c4cccc(C)c4C)c3)c3ccccc32)cc1. The highest BCUT2D eigenvalue weighted by atomic mass is 15.2. The van der Waals surface area contributed by atoms with Crippen molar-refractivity contribution in [2.24, 2.45) is 0 Å². The van der Waals surface area contributed by atoms with Gasteiger partial charge in [-0.2, -0.15) is 0 Å². The van der Waals surface area contributed by atoms with E-state index in [1.54, 1.807) is 0 Å². The Morgan fingerprint density at radius 1 is 0.328 bits per heavy atom. The summed E-state index contributed by atoms with van der Waals surface area (Å²) in [6, 6.07) is 72.7. The largest absolute Gasteiger partial charge is 0.310 e. The van der Waals surface area contributed by atoms with Crippen molar-refractivity contribution in [3.8, 4) is 0 Å². The minimum atomic E-state index is -0.760. The highest BCUT2D eigenvalue weighted by molar-refractivity contribution is 5.91. The molecule has 0 saturated carbocycles. The summed E-state index contributed by atoms with van der Waals surface area (Å²) in [6.07, 6.45) is 0. The molecule has 0 unspecified atom stereocenters. The number of nitrogens with zero attached hydrogens (tertiary/aromatic N) is 3. The summed E-state index contributed by atoms with van der Waals surface area (Å²) in [4.78, 5) is 7.44. The van der Waals surface area contributed by atoms with Crippen molar-refractivity contribution >= 4 is 51.2 Å². The Labute approximate surface area is 398 Å². The van der Waals surface area contributed by atoms with Gasteiger partial charge in [-0.05, 0) is 202 Å². The van der Waals surface area contributed by atoms with Gasteiger partial charge >= 0.3 is 0 Å². The van der Waals surface area contributed by atoms with Gasteiger partial charge in [-0.3, -0.25) is 0 Å². The number of rotatable bonds is 9. The maximum Gasteiger partial charge on any atom is 0.0743 e. The summed E-state index contributed by atoms with van der Waals surface area (Å²) >= 11 is 0. The molecule has 0 aromatic heterocycles. The van der Waals surface area contributed by atoms with E-state index in [0.717, 1.165) is 28.4 Å². The van der Waals surface area contributed by atoms with E-state index >= 15 is 0 Å². The van der Waals surface area contributed by atoms with Gasteiger partial charge in [0, 0.05) is 39.8 Å². The van der Waals surface area contributed by atoms with E-state index in [2.05, 4.69) is 271 Å². The van der Waals surface area contributed by atoms with Crippen LogP contribution in [0, 0.1) is 62.3 Å². The Hall–Kier alpha value is -7.62. The van der Waals surface area contributed by atoms with Crippen LogP contribution >= 0.6 is 0 Å². The lowest BCUT2D eigenvalue weighted by molar-refractivity contribution is 0.731. The second kappa shape index (κ2) is 17.3. The minimum Gasteiger partial charge on any atom is -0.310 e. The van der Waals surface area contributed by atoms with Crippen molar-refractivity contribution in [1.82, 2.24) is 0 Å². The van der Waals surface area contributed by atoms with Gasteiger partial charge in [-0.1, -0.05) is 127 Å². The summed E-state index contributed by atoms with van der Waals surface area (Å²) in [5.74, 6) is 0. The zero-order valence-corrected chi connectivity index (χ0v) is 40.3. The third-order valence-electron chi connectivity index (χ3n) is 14.7. The van der Waals surface area contributed by atoms with Crippen molar-refractivity contribution in [2.45, 2.75) is 67.7 Å². The van der Waals surface area contributed by atoms with Crippen molar-refractivity contribution in [3.05, 3.63) is 266 Å². The first-order valence-corrected chi connectivity index (χ1v) is 23.6. The van der Waals surface area contributed by atoms with Gasteiger partial charge < -0.3 is 14.7 Å². The van der Waals surface area contributed by atoms with Gasteiger partial charge in [-0.25, -0.2) is 0 Å². The van der Waals surface area contributed by atoms with E-state index in [9.17, 15) is 0 Å². The Balaban J connectivity index is 1.31. The van der Waals surface area contributed by atoms with Crippen LogP contribution in [-0.4, -0.2) is 0 Å². The third kappa shape index (κ3) is 7.21. The molecule has 1 heterocycles. The quantitative estimate of drug-likeness (QED) is 0.143. The van der Waals surface area contributed by atoms with Crippen LogP contribution in [0.4, 0.5) is 51.2 Å². The lowest BCUT2D eigenvalue weighted by Crippen LogP contribution is -2.38. The third-order valence-corrected chi connectivity index (χ3v) is 14.7. The molecule has 0 N–H and O–H groups in total. The number of anilines is 9. The number of benzene rings is 9. The van der Waals surface area contributed by atoms with Crippen molar-refractivity contribution in [3.63, 3.8) is 0 Å². The van der Waals surface area contributed by atoms with Gasteiger partial charge in [0.2, 0.25) is 0 Å². The molecule has 0 saturated heterocycles. The molecule has 330 valence electrons. The van der Waals surface area contributed by atoms with E-state index in [1.165, 1.54) is 95.1 Å². The van der Waals surface area contributed by atoms with E-state index in [0.29, 0.717) is 0 Å². The Morgan fingerprint density at radius 2 is 0.672 bits per heavy atom. The summed E-state index contributed by atoms with van der Waals surface area (Å²) in [5, 5.41) is 0. The summed E-state index contributed by atoms with van der Waals surface area (Å²) in [5.41, 5.74) is 25.8. The number of fused-ring (bicyclic) bond motifs is 2. The zero-order chi connectivity index (χ0) is 46.6. The topological polar surface area (TPSA) is 9.72 Å². The Kier molecular flexibility index (Phi) is 11.2. The average molecular weight is 870 g/mol. The maximum absolute atomic E-state index is 2.49.